The Kier molecular flexibility index (Phi) is 5.67. The molecule has 1 atom stereocenters. The molecular formula is C26H27N7O3S. The van der Waals surface area contributed by atoms with Crippen LogP contribution in [0.5, 0.6) is 0 Å². The fourth-order valence-electron chi connectivity index (χ4n) is 5.16. The smallest absolute Gasteiger partial charge is 0.259 e. The van der Waals surface area contributed by atoms with Gasteiger partial charge in [-0.25, -0.2) is 23.4 Å². The highest BCUT2D eigenvalue weighted by atomic mass is 32.2. The summed E-state index contributed by atoms with van der Waals surface area (Å²) in [5.41, 5.74) is 9.12. The minimum Gasteiger partial charge on any atom is -0.368 e. The van der Waals surface area contributed by atoms with Crippen molar-refractivity contribution >= 4 is 21.6 Å². The van der Waals surface area contributed by atoms with Crippen LogP contribution in [0.4, 0.5) is 11.8 Å². The summed E-state index contributed by atoms with van der Waals surface area (Å²) in [5, 5.41) is 4.02. The predicted octanol–water partition coefficient (Wildman–Crippen LogP) is 3.26. The number of rotatable bonds is 6. The third kappa shape index (κ3) is 4.33. The van der Waals surface area contributed by atoms with E-state index in [2.05, 4.69) is 44.4 Å². The van der Waals surface area contributed by atoms with E-state index in [0.717, 1.165) is 47.3 Å². The van der Waals surface area contributed by atoms with Crippen molar-refractivity contribution in [3.63, 3.8) is 0 Å². The van der Waals surface area contributed by atoms with Crippen LogP contribution in [-0.2, 0) is 15.3 Å². The number of aromatic nitrogens is 5. The number of nitrogens with two attached hydrogens (primary N) is 1. The van der Waals surface area contributed by atoms with Crippen LogP contribution in [0.25, 0.3) is 22.6 Å². The van der Waals surface area contributed by atoms with Crippen LogP contribution in [0.2, 0.25) is 0 Å². The van der Waals surface area contributed by atoms with Crippen LogP contribution in [-0.4, -0.2) is 58.1 Å². The zero-order valence-corrected chi connectivity index (χ0v) is 21.2. The molecule has 2 N–H and O–H groups in total. The molecule has 10 nitrogen and oxygen atoms in total. The van der Waals surface area contributed by atoms with Gasteiger partial charge in [-0.2, -0.15) is 4.98 Å². The maximum Gasteiger partial charge on any atom is 0.259 e. The molecule has 1 saturated carbocycles. The lowest BCUT2D eigenvalue weighted by Crippen LogP contribution is -2.36. The van der Waals surface area contributed by atoms with Crippen molar-refractivity contribution in [2.24, 2.45) is 0 Å². The summed E-state index contributed by atoms with van der Waals surface area (Å²) in [6, 6.07) is 12.1. The average Bonchev–Trinajstić information content (AvgIpc) is 3.56. The fourth-order valence-corrected chi connectivity index (χ4v) is 6.15. The summed E-state index contributed by atoms with van der Waals surface area (Å²) in [5.74, 6) is 2.10. The first-order chi connectivity index (χ1) is 17.8. The van der Waals surface area contributed by atoms with Crippen LogP contribution >= 0.6 is 0 Å². The second kappa shape index (κ2) is 8.91. The molecule has 1 aliphatic carbocycles. The van der Waals surface area contributed by atoms with Gasteiger partial charge in [0.1, 0.15) is 5.82 Å². The zero-order chi connectivity index (χ0) is 25.6. The molecule has 190 valence electrons. The number of nitrogens with zero attached hydrogens (tertiary/aromatic N) is 6. The molecule has 2 fully saturated rings. The van der Waals surface area contributed by atoms with Gasteiger partial charge in [0.2, 0.25) is 5.95 Å². The maximum atomic E-state index is 11.9. The first-order valence-corrected chi connectivity index (χ1v) is 14.2. The Morgan fingerprint density at radius 3 is 2.27 bits per heavy atom. The number of nitrogen functional groups attached to an aromatic ring is 1. The molecule has 3 aromatic heterocycles. The predicted molar refractivity (Wildman–Crippen MR) is 140 cm³/mol. The van der Waals surface area contributed by atoms with Crippen molar-refractivity contribution in [2.45, 2.75) is 36.3 Å². The Morgan fingerprint density at radius 1 is 0.973 bits per heavy atom. The lowest BCUT2D eigenvalue weighted by atomic mass is 9.64. The van der Waals surface area contributed by atoms with E-state index < -0.39 is 9.84 Å². The van der Waals surface area contributed by atoms with Crippen LogP contribution in [0.3, 0.4) is 0 Å². The molecule has 1 unspecified atom stereocenters. The minimum absolute atomic E-state index is 0.253. The molecule has 0 amide bonds. The van der Waals surface area contributed by atoms with Crippen molar-refractivity contribution in [2.75, 3.05) is 30.0 Å². The SMILES string of the molecule is CS(=O)(=O)C1CCN(c2ccc(-c3nc(C4(c5ccc(-c6cnc(N)nc6)cc5)CCC4)no3)cn2)C1. The van der Waals surface area contributed by atoms with Crippen LogP contribution in [0, 0.1) is 0 Å². The molecule has 6 rings (SSSR count). The number of benzene rings is 1. The monoisotopic (exact) mass is 517 g/mol. The molecule has 0 spiro atoms. The highest BCUT2D eigenvalue weighted by molar-refractivity contribution is 7.91. The van der Waals surface area contributed by atoms with E-state index in [4.69, 9.17) is 15.2 Å². The molecule has 4 aromatic rings. The number of hydrogen-bond acceptors (Lipinski definition) is 10. The molecule has 0 bridgehead atoms. The summed E-state index contributed by atoms with van der Waals surface area (Å²) < 4.78 is 29.4. The van der Waals surface area contributed by atoms with E-state index in [1.54, 1.807) is 18.6 Å². The van der Waals surface area contributed by atoms with Gasteiger partial charge >= 0.3 is 0 Å². The molecule has 0 radical (unpaired) electrons. The number of anilines is 2. The highest BCUT2D eigenvalue weighted by Crippen LogP contribution is 2.48. The van der Waals surface area contributed by atoms with E-state index >= 15 is 0 Å². The first kappa shape index (κ1) is 23.5. The average molecular weight is 518 g/mol. The van der Waals surface area contributed by atoms with Gasteiger partial charge in [-0.1, -0.05) is 35.8 Å². The molecular weight excluding hydrogens is 490 g/mol. The van der Waals surface area contributed by atoms with Gasteiger partial charge in [0.15, 0.2) is 15.7 Å². The van der Waals surface area contributed by atoms with Gasteiger partial charge in [-0.15, -0.1) is 0 Å². The largest absolute Gasteiger partial charge is 0.368 e. The van der Waals surface area contributed by atoms with Gasteiger partial charge in [0.05, 0.1) is 16.2 Å². The first-order valence-electron chi connectivity index (χ1n) is 12.2. The summed E-state index contributed by atoms with van der Waals surface area (Å²) in [4.78, 5) is 19.5. The quantitative estimate of drug-likeness (QED) is 0.405. The summed E-state index contributed by atoms with van der Waals surface area (Å²) in [6.45, 7) is 1.13. The van der Waals surface area contributed by atoms with Gasteiger partial charge in [0, 0.05) is 43.5 Å². The highest BCUT2D eigenvalue weighted by Gasteiger charge is 2.44. The van der Waals surface area contributed by atoms with E-state index in [0.29, 0.717) is 31.2 Å². The Bertz CT molecular complexity index is 1510. The van der Waals surface area contributed by atoms with Gasteiger partial charge in [0.25, 0.3) is 5.89 Å². The number of pyridine rings is 1. The number of hydrogen-bond donors (Lipinski definition) is 1. The standard InChI is InChI=1S/C26H27N7O3S/c1-37(34,35)21-9-12-33(16-21)22-8-5-18(13-28-22)23-31-24(32-36-23)26(10-2-11-26)20-6-3-17(4-7-20)19-14-29-25(27)30-15-19/h3-8,13-15,21H,2,9-12,16H2,1H3,(H2,27,29,30). The number of sulfone groups is 1. The third-order valence-electron chi connectivity index (χ3n) is 7.57. The summed E-state index contributed by atoms with van der Waals surface area (Å²) in [7, 11) is -3.06. The minimum atomic E-state index is -3.06. The Morgan fingerprint density at radius 2 is 1.68 bits per heavy atom. The summed E-state index contributed by atoms with van der Waals surface area (Å²) >= 11 is 0. The summed E-state index contributed by atoms with van der Waals surface area (Å²) in [6.07, 6.45) is 10.0. The second-order valence-corrected chi connectivity index (χ2v) is 12.2. The van der Waals surface area contributed by atoms with E-state index in [-0.39, 0.29) is 16.6 Å². The van der Waals surface area contributed by atoms with Gasteiger partial charge in [-0.05, 0) is 42.5 Å². The molecule has 1 aliphatic heterocycles. The molecule has 2 aliphatic rings. The van der Waals surface area contributed by atoms with E-state index in [1.807, 2.05) is 17.0 Å². The molecule has 4 heterocycles. The molecule has 1 aromatic carbocycles. The fraction of sp³-hybridized carbons (Fsp3) is 0.346. The topological polar surface area (TPSA) is 141 Å². The van der Waals surface area contributed by atoms with Crippen molar-refractivity contribution in [1.82, 2.24) is 25.1 Å². The van der Waals surface area contributed by atoms with Crippen molar-refractivity contribution in [3.05, 3.63) is 66.4 Å². The Hall–Kier alpha value is -3.86. The van der Waals surface area contributed by atoms with E-state index in [9.17, 15) is 8.42 Å². The normalized spacial score (nSPS) is 19.1. The molecule has 11 heteroatoms. The van der Waals surface area contributed by atoms with Crippen LogP contribution in [0.1, 0.15) is 37.1 Å². The Balaban J connectivity index is 1.21. The van der Waals surface area contributed by atoms with Gasteiger partial charge < -0.3 is 15.2 Å². The van der Waals surface area contributed by atoms with E-state index in [1.165, 1.54) is 6.26 Å². The van der Waals surface area contributed by atoms with Crippen LogP contribution in [0.15, 0.2) is 59.5 Å². The second-order valence-electron chi connectivity index (χ2n) is 9.86. The Labute approximate surface area is 214 Å². The maximum absolute atomic E-state index is 11.9. The third-order valence-corrected chi connectivity index (χ3v) is 9.17. The van der Waals surface area contributed by atoms with Gasteiger partial charge in [-0.3, -0.25) is 0 Å². The zero-order valence-electron chi connectivity index (χ0n) is 20.4. The van der Waals surface area contributed by atoms with Crippen LogP contribution < -0.4 is 10.6 Å². The van der Waals surface area contributed by atoms with Crippen molar-refractivity contribution < 1.29 is 12.9 Å². The van der Waals surface area contributed by atoms with Crippen molar-refractivity contribution in [3.8, 4) is 22.6 Å². The molecule has 1 saturated heterocycles. The molecule has 37 heavy (non-hydrogen) atoms. The van der Waals surface area contributed by atoms with Crippen molar-refractivity contribution in [1.29, 1.82) is 0 Å². The lowest BCUT2D eigenvalue weighted by Gasteiger charge is -2.39. The lowest BCUT2D eigenvalue weighted by molar-refractivity contribution is 0.273.